The van der Waals surface area contributed by atoms with E-state index in [0.717, 1.165) is 0 Å². The molecule has 0 aliphatic rings. The molecule has 0 fully saturated rings. The molecule has 0 amide bonds. The van der Waals surface area contributed by atoms with Gasteiger partial charge in [-0.05, 0) is 0 Å². The fourth-order valence-corrected chi connectivity index (χ4v) is 0. The molecule has 0 unspecified atom stereocenters. The van der Waals surface area contributed by atoms with Crippen molar-refractivity contribution in [3.63, 3.8) is 0 Å². The summed E-state index contributed by atoms with van der Waals surface area (Å²) in [5.74, 6) is 0. The van der Waals surface area contributed by atoms with E-state index in [1.54, 1.807) is 0 Å². The smallest absolute Gasteiger partial charge is 0 e. The molecule has 0 aromatic heterocycles. The molecule has 0 aliphatic carbocycles. The van der Waals surface area contributed by atoms with Crippen molar-refractivity contribution in [2.24, 2.45) is 0 Å². The van der Waals surface area contributed by atoms with Gasteiger partial charge in [-0.2, -0.15) is 0 Å². The summed E-state index contributed by atoms with van der Waals surface area (Å²) in [6.07, 6.45) is 0. The van der Waals surface area contributed by atoms with Gasteiger partial charge in [0.05, 0.1) is 0 Å². The predicted molar refractivity (Wildman–Crippen MR) is 4.97 cm³/mol. The minimum Gasteiger partial charge on any atom is -0.512 e. The fourth-order valence-electron chi connectivity index (χ4n) is 0. The molecule has 0 saturated carbocycles. The van der Waals surface area contributed by atoms with Crippen molar-refractivity contribution >= 4 is 0 Å². The summed E-state index contributed by atoms with van der Waals surface area (Å²) < 4.78 is 0. The van der Waals surface area contributed by atoms with Gasteiger partial charge in [-0.15, -0.1) is 0 Å². The third-order valence-electron chi connectivity index (χ3n) is 0. The van der Waals surface area contributed by atoms with Crippen molar-refractivity contribution in [3.8, 4) is 0 Å². The van der Waals surface area contributed by atoms with E-state index in [0.29, 0.717) is 0 Å². The molecule has 0 rings (SSSR count). The second kappa shape index (κ2) is 63.4. The molecule has 0 N–H and O–H groups in total. The van der Waals surface area contributed by atoms with Crippen LogP contribution in [0, 0.1) is 11.8 Å². The van der Waals surface area contributed by atoms with E-state index in [2.05, 4.69) is 0 Å². The van der Waals surface area contributed by atoms with E-state index in [4.69, 9.17) is 11.8 Å². The normalized spacial score (nSPS) is 0.400. The van der Waals surface area contributed by atoms with Gasteiger partial charge in [0.15, 0.2) is 0 Å². The summed E-state index contributed by atoms with van der Waals surface area (Å²) in [5, 5.41) is 6.25. The molecule has 4 heteroatoms. The molecular formula is CCrMoNNi-. The second-order valence-corrected chi connectivity index (χ2v) is 0. The van der Waals surface area contributed by atoms with Crippen LogP contribution in [-0.2, 0) is 54.9 Å². The Labute approximate surface area is 66.4 Å². The molecule has 0 aliphatic heterocycles. The van der Waals surface area contributed by atoms with Crippen LogP contribution in [0.15, 0.2) is 0 Å². The minimum atomic E-state index is 0. The van der Waals surface area contributed by atoms with E-state index < -0.39 is 0 Å². The molecule has 5 heavy (non-hydrogen) atoms. The first-order valence-electron chi connectivity index (χ1n) is 0.224. The molecule has 0 heterocycles. The monoisotopic (exact) mass is 234 g/mol. The summed E-state index contributed by atoms with van der Waals surface area (Å²) in [4.78, 5) is 0. The Morgan fingerprint density at radius 1 is 1.20 bits per heavy atom. The SMILES string of the molecule is [C-]#N.[Cr].[Mo].[Ni]. The van der Waals surface area contributed by atoms with Crippen LogP contribution in [-0.4, -0.2) is 0 Å². The molecule has 0 aromatic rings. The van der Waals surface area contributed by atoms with Gasteiger partial charge in [0.2, 0.25) is 0 Å². The fraction of sp³-hybridized carbons (Fsp3) is 0. The maximum Gasteiger partial charge on any atom is 0 e. The Morgan fingerprint density at radius 3 is 1.20 bits per heavy atom. The molecular weight excluding hydrogens is 233 g/mol. The Morgan fingerprint density at radius 2 is 1.20 bits per heavy atom. The van der Waals surface area contributed by atoms with Crippen molar-refractivity contribution in [2.75, 3.05) is 0 Å². The standard InChI is InChI=1S/CN.Cr.Mo.Ni/c1-2;;;/q-1;;;. The van der Waals surface area contributed by atoms with Crippen molar-refractivity contribution in [3.05, 3.63) is 6.57 Å². The molecule has 0 atom stereocenters. The van der Waals surface area contributed by atoms with Gasteiger partial charge >= 0.3 is 0 Å². The Bertz CT molecular complexity index is 16.4. The number of rotatable bonds is 0. The zero-order chi connectivity index (χ0) is 2.00. The molecule has 0 bridgehead atoms. The van der Waals surface area contributed by atoms with Crippen molar-refractivity contribution in [1.29, 1.82) is 5.26 Å². The van der Waals surface area contributed by atoms with Crippen LogP contribution in [0.4, 0.5) is 0 Å². The zero-order valence-corrected chi connectivity index (χ0v) is 6.35. The van der Waals surface area contributed by atoms with Crippen molar-refractivity contribution in [2.45, 2.75) is 0 Å². The van der Waals surface area contributed by atoms with Crippen LogP contribution in [0.2, 0.25) is 0 Å². The molecule has 32 valence electrons. The van der Waals surface area contributed by atoms with Crippen molar-refractivity contribution < 1.29 is 54.9 Å². The number of hydrogen-bond acceptors (Lipinski definition) is 1. The van der Waals surface area contributed by atoms with Gasteiger partial charge in [0.25, 0.3) is 0 Å². The summed E-state index contributed by atoms with van der Waals surface area (Å²) in [6.45, 7) is 4.75. The molecule has 1 nitrogen and oxygen atoms in total. The van der Waals surface area contributed by atoms with E-state index in [9.17, 15) is 0 Å². The summed E-state index contributed by atoms with van der Waals surface area (Å²) >= 11 is 0. The number of nitrogens with zero attached hydrogens (tertiary/aromatic N) is 1. The average Bonchev–Trinajstić information content (AvgIpc) is 1.00. The maximum atomic E-state index is 6.25. The minimum absolute atomic E-state index is 0. The Balaban J connectivity index is -0.00000000167. The first-order valence-corrected chi connectivity index (χ1v) is 0.224. The van der Waals surface area contributed by atoms with Gasteiger partial charge in [-0.1, -0.05) is 0 Å². The van der Waals surface area contributed by atoms with Gasteiger partial charge in [-0.3, -0.25) is 0 Å². The predicted octanol–water partition coefficient (Wildman–Crippen LogP) is 0.0889. The average molecular weight is 233 g/mol. The van der Waals surface area contributed by atoms with Crippen LogP contribution in [0.25, 0.3) is 0 Å². The molecule has 0 spiro atoms. The van der Waals surface area contributed by atoms with Crippen LogP contribution in [0.5, 0.6) is 0 Å². The topological polar surface area (TPSA) is 23.8 Å². The van der Waals surface area contributed by atoms with Crippen molar-refractivity contribution in [1.82, 2.24) is 0 Å². The van der Waals surface area contributed by atoms with Gasteiger partial charge in [-0.25, -0.2) is 0 Å². The summed E-state index contributed by atoms with van der Waals surface area (Å²) in [5.41, 5.74) is 0. The second-order valence-electron chi connectivity index (χ2n) is 0. The first kappa shape index (κ1) is 34.6. The molecule has 0 aromatic carbocycles. The van der Waals surface area contributed by atoms with Crippen LogP contribution in [0.3, 0.4) is 0 Å². The van der Waals surface area contributed by atoms with Crippen LogP contribution >= 0.6 is 0 Å². The van der Waals surface area contributed by atoms with E-state index >= 15 is 0 Å². The third kappa shape index (κ3) is 36.8. The molecule has 0 saturated heterocycles. The first-order chi connectivity index (χ1) is 1.00. The van der Waals surface area contributed by atoms with Gasteiger partial charge < -0.3 is 11.8 Å². The van der Waals surface area contributed by atoms with Gasteiger partial charge in [0.1, 0.15) is 0 Å². The van der Waals surface area contributed by atoms with Crippen LogP contribution in [0.1, 0.15) is 0 Å². The maximum absolute atomic E-state index is 6.25. The largest absolute Gasteiger partial charge is 0.512 e. The zero-order valence-electron chi connectivity index (χ0n) is 2.08. The summed E-state index contributed by atoms with van der Waals surface area (Å²) in [6, 6.07) is 0. The van der Waals surface area contributed by atoms with E-state index in [1.165, 1.54) is 0 Å². The van der Waals surface area contributed by atoms with E-state index in [1.807, 2.05) is 0 Å². The Kier molecular flexibility index (Phi) is 439. The molecule has 0 radical (unpaired) electrons. The van der Waals surface area contributed by atoms with Crippen LogP contribution < -0.4 is 0 Å². The number of hydrogen-bond donors (Lipinski definition) is 0. The third-order valence-corrected chi connectivity index (χ3v) is 0. The van der Waals surface area contributed by atoms with Gasteiger partial charge in [0, 0.05) is 54.9 Å². The quantitative estimate of drug-likeness (QED) is 0.429. The van der Waals surface area contributed by atoms with E-state index in [-0.39, 0.29) is 54.9 Å². The Hall–Kier alpha value is 1.20. The summed E-state index contributed by atoms with van der Waals surface area (Å²) in [7, 11) is 0.